The molecular formula is C17H17N3OS. The van der Waals surface area contributed by atoms with Crippen LogP contribution >= 0.6 is 12.2 Å². The average molecular weight is 311 g/mol. The molecule has 0 amide bonds. The second-order valence-electron chi connectivity index (χ2n) is 5.14. The summed E-state index contributed by atoms with van der Waals surface area (Å²) in [7, 11) is 1.66. The Balaban J connectivity index is 2.32. The highest BCUT2D eigenvalue weighted by Crippen LogP contribution is 2.32. The molecule has 0 unspecified atom stereocenters. The minimum atomic E-state index is 0.444. The average Bonchev–Trinajstić information content (AvgIpc) is 2.87. The topological polar surface area (TPSA) is 52.5 Å². The van der Waals surface area contributed by atoms with Gasteiger partial charge >= 0.3 is 0 Å². The van der Waals surface area contributed by atoms with E-state index in [-0.39, 0.29) is 0 Å². The number of benzene rings is 1. The normalized spacial score (nSPS) is 10.8. The summed E-state index contributed by atoms with van der Waals surface area (Å²) in [6.07, 6.45) is 2.48. The Bertz CT molecular complexity index is 854. The zero-order valence-corrected chi connectivity index (χ0v) is 13.4. The van der Waals surface area contributed by atoms with Crippen molar-refractivity contribution in [2.24, 2.45) is 5.73 Å². The molecule has 112 valence electrons. The molecule has 0 aliphatic carbocycles. The monoisotopic (exact) mass is 311 g/mol. The molecule has 2 N–H and O–H groups in total. The molecule has 0 bridgehead atoms. The zero-order chi connectivity index (χ0) is 15.7. The van der Waals surface area contributed by atoms with Crippen molar-refractivity contribution in [3.05, 3.63) is 53.9 Å². The number of methoxy groups -OCH3 is 1. The second-order valence-corrected chi connectivity index (χ2v) is 5.66. The fourth-order valence-electron chi connectivity index (χ4n) is 2.64. The maximum Gasteiger partial charge on any atom is 0.140 e. The van der Waals surface area contributed by atoms with E-state index in [1.165, 1.54) is 0 Å². The number of thiocarbonyl (C=S) groups is 1. The van der Waals surface area contributed by atoms with Gasteiger partial charge in [0.15, 0.2) is 0 Å². The molecule has 0 radical (unpaired) electrons. The summed E-state index contributed by atoms with van der Waals surface area (Å²) < 4.78 is 7.52. The molecule has 0 spiro atoms. The molecule has 2 heterocycles. The van der Waals surface area contributed by atoms with Crippen LogP contribution in [-0.4, -0.2) is 21.5 Å². The quantitative estimate of drug-likeness (QED) is 0.752. The lowest BCUT2D eigenvalue weighted by Crippen LogP contribution is -2.13. The van der Waals surface area contributed by atoms with E-state index in [4.69, 9.17) is 27.7 Å². The number of imidazole rings is 1. The van der Waals surface area contributed by atoms with E-state index in [1.807, 2.05) is 49.5 Å². The van der Waals surface area contributed by atoms with Gasteiger partial charge in [0, 0.05) is 18.2 Å². The molecule has 22 heavy (non-hydrogen) atoms. The van der Waals surface area contributed by atoms with Gasteiger partial charge in [-0.15, -0.1) is 0 Å². The van der Waals surface area contributed by atoms with E-state index in [0.29, 0.717) is 11.4 Å². The van der Waals surface area contributed by atoms with Crippen LogP contribution in [0.1, 0.15) is 11.3 Å². The summed E-state index contributed by atoms with van der Waals surface area (Å²) in [5.74, 6) is 0.785. The standard InChI is InChI=1S/C17H17N3OS/c1-11-6-5-9-20-13(10-15(18)22)16(19-17(11)20)12-7-3-4-8-14(12)21-2/h3-9H,10H2,1-2H3,(H2,18,22). The number of ether oxygens (including phenoxy) is 1. The van der Waals surface area contributed by atoms with Crippen LogP contribution in [0.25, 0.3) is 16.9 Å². The van der Waals surface area contributed by atoms with E-state index in [1.54, 1.807) is 7.11 Å². The first-order valence-corrected chi connectivity index (χ1v) is 7.41. The van der Waals surface area contributed by atoms with Crippen LogP contribution in [0.15, 0.2) is 42.6 Å². The van der Waals surface area contributed by atoms with Crippen molar-refractivity contribution in [1.29, 1.82) is 0 Å². The van der Waals surface area contributed by atoms with Gasteiger partial charge in [0.05, 0.1) is 23.5 Å². The van der Waals surface area contributed by atoms with Crippen molar-refractivity contribution >= 4 is 22.9 Å². The van der Waals surface area contributed by atoms with Crippen molar-refractivity contribution in [3.8, 4) is 17.0 Å². The van der Waals surface area contributed by atoms with Crippen LogP contribution in [-0.2, 0) is 6.42 Å². The third-order valence-corrected chi connectivity index (χ3v) is 3.79. The van der Waals surface area contributed by atoms with Crippen LogP contribution in [0.4, 0.5) is 0 Å². The highest BCUT2D eigenvalue weighted by atomic mass is 32.1. The Morgan fingerprint density at radius 1 is 1.27 bits per heavy atom. The third kappa shape index (κ3) is 2.44. The summed E-state index contributed by atoms with van der Waals surface area (Å²) >= 11 is 5.12. The van der Waals surface area contributed by atoms with Crippen molar-refractivity contribution < 1.29 is 4.74 Å². The molecule has 3 rings (SSSR count). The Labute approximate surface area is 134 Å². The van der Waals surface area contributed by atoms with Crippen molar-refractivity contribution in [1.82, 2.24) is 9.38 Å². The summed E-state index contributed by atoms with van der Waals surface area (Å²) in [5, 5.41) is 0. The van der Waals surface area contributed by atoms with E-state index < -0.39 is 0 Å². The Kier molecular flexibility index (Phi) is 3.81. The Morgan fingerprint density at radius 3 is 2.77 bits per heavy atom. The van der Waals surface area contributed by atoms with Gasteiger partial charge in [-0.1, -0.05) is 30.4 Å². The Morgan fingerprint density at radius 2 is 2.05 bits per heavy atom. The maximum absolute atomic E-state index is 5.79. The zero-order valence-electron chi connectivity index (χ0n) is 12.5. The number of rotatable bonds is 4. The van der Waals surface area contributed by atoms with Gasteiger partial charge < -0.3 is 14.9 Å². The highest BCUT2D eigenvalue weighted by molar-refractivity contribution is 7.80. The van der Waals surface area contributed by atoms with E-state index in [2.05, 4.69) is 4.40 Å². The predicted octanol–water partition coefficient (Wildman–Crippen LogP) is 3.15. The van der Waals surface area contributed by atoms with Gasteiger partial charge in [0.2, 0.25) is 0 Å². The number of nitrogens with zero attached hydrogens (tertiary/aromatic N) is 2. The molecule has 1 aromatic carbocycles. The highest BCUT2D eigenvalue weighted by Gasteiger charge is 2.18. The van der Waals surface area contributed by atoms with Crippen LogP contribution in [0.5, 0.6) is 5.75 Å². The van der Waals surface area contributed by atoms with Gasteiger partial charge in [-0.25, -0.2) is 4.98 Å². The minimum Gasteiger partial charge on any atom is -0.496 e. The number of pyridine rings is 1. The largest absolute Gasteiger partial charge is 0.496 e. The fourth-order valence-corrected chi connectivity index (χ4v) is 2.78. The number of aryl methyl sites for hydroxylation is 1. The number of nitrogens with two attached hydrogens (primary N) is 1. The number of para-hydroxylation sites is 1. The first-order valence-electron chi connectivity index (χ1n) is 7.00. The molecule has 4 nitrogen and oxygen atoms in total. The molecule has 0 saturated heterocycles. The minimum absolute atomic E-state index is 0.444. The summed E-state index contributed by atoms with van der Waals surface area (Å²) in [6, 6.07) is 11.9. The maximum atomic E-state index is 5.79. The lowest BCUT2D eigenvalue weighted by molar-refractivity contribution is 0.416. The lowest BCUT2D eigenvalue weighted by Gasteiger charge is -2.08. The third-order valence-electron chi connectivity index (χ3n) is 3.65. The number of fused-ring (bicyclic) bond motifs is 1. The van der Waals surface area contributed by atoms with Gasteiger partial charge in [-0.05, 0) is 30.7 Å². The summed E-state index contributed by atoms with van der Waals surface area (Å²) in [4.78, 5) is 5.26. The van der Waals surface area contributed by atoms with Crippen LogP contribution in [0.2, 0.25) is 0 Å². The molecule has 0 aliphatic heterocycles. The molecule has 5 heteroatoms. The van der Waals surface area contributed by atoms with Crippen molar-refractivity contribution in [2.45, 2.75) is 13.3 Å². The van der Waals surface area contributed by atoms with Crippen LogP contribution in [0, 0.1) is 6.92 Å². The van der Waals surface area contributed by atoms with E-state index in [0.717, 1.165) is 33.9 Å². The molecule has 0 aliphatic rings. The second kappa shape index (κ2) is 5.77. The SMILES string of the molecule is COc1ccccc1-c1nc2c(C)cccn2c1CC(N)=S. The molecule has 0 saturated carbocycles. The van der Waals surface area contributed by atoms with Gasteiger partial charge in [-0.3, -0.25) is 0 Å². The molecule has 0 fully saturated rings. The van der Waals surface area contributed by atoms with Crippen LogP contribution in [0.3, 0.4) is 0 Å². The fraction of sp³-hybridized carbons (Fsp3) is 0.176. The Hall–Kier alpha value is -2.40. The molecule has 0 atom stereocenters. The number of aromatic nitrogens is 2. The molecular weight excluding hydrogens is 294 g/mol. The number of hydrogen-bond acceptors (Lipinski definition) is 3. The van der Waals surface area contributed by atoms with Crippen LogP contribution < -0.4 is 10.5 Å². The van der Waals surface area contributed by atoms with Gasteiger partial charge in [0.25, 0.3) is 0 Å². The summed E-state index contributed by atoms with van der Waals surface area (Å²) in [5.41, 5.74) is 10.6. The van der Waals surface area contributed by atoms with Gasteiger partial charge in [-0.2, -0.15) is 0 Å². The smallest absolute Gasteiger partial charge is 0.140 e. The van der Waals surface area contributed by atoms with Crippen molar-refractivity contribution in [2.75, 3.05) is 7.11 Å². The molecule has 3 aromatic rings. The van der Waals surface area contributed by atoms with E-state index in [9.17, 15) is 0 Å². The number of hydrogen-bond donors (Lipinski definition) is 1. The summed E-state index contributed by atoms with van der Waals surface area (Å²) in [6.45, 7) is 2.04. The first-order chi connectivity index (χ1) is 10.6. The van der Waals surface area contributed by atoms with Gasteiger partial charge in [0.1, 0.15) is 11.4 Å². The van der Waals surface area contributed by atoms with E-state index >= 15 is 0 Å². The first kappa shape index (κ1) is 14.5. The molecule has 2 aromatic heterocycles. The van der Waals surface area contributed by atoms with Crippen molar-refractivity contribution in [3.63, 3.8) is 0 Å². The predicted molar refractivity (Wildman–Crippen MR) is 92.4 cm³/mol. The lowest BCUT2D eigenvalue weighted by atomic mass is 10.1.